The molecule has 0 spiro atoms. The van der Waals surface area contributed by atoms with Crippen LogP contribution in [0.5, 0.6) is 0 Å². The van der Waals surface area contributed by atoms with E-state index >= 15 is 0 Å². The monoisotopic (exact) mass is 277 g/mol. The Labute approximate surface area is 119 Å². The van der Waals surface area contributed by atoms with Crippen LogP contribution < -0.4 is 10.9 Å². The number of nitrogens with zero attached hydrogens (tertiary/aromatic N) is 2. The number of carbonyl (C=O) groups excluding carboxylic acids is 1. The summed E-state index contributed by atoms with van der Waals surface area (Å²) < 4.78 is 1.66. The van der Waals surface area contributed by atoms with Crippen LogP contribution in [0.4, 0.5) is 0 Å². The van der Waals surface area contributed by atoms with E-state index in [1.165, 1.54) is 12.8 Å². The summed E-state index contributed by atoms with van der Waals surface area (Å²) in [6.45, 7) is 5.25. The molecule has 1 aromatic rings. The first-order valence-corrected chi connectivity index (χ1v) is 7.36. The molecule has 2 heterocycles. The Hall–Kier alpha value is -1.62. The molecule has 0 aromatic carbocycles. The first-order chi connectivity index (χ1) is 9.68. The van der Waals surface area contributed by atoms with Gasteiger partial charge in [0.05, 0.1) is 6.04 Å². The van der Waals surface area contributed by atoms with Gasteiger partial charge in [-0.2, -0.15) is 0 Å². The summed E-state index contributed by atoms with van der Waals surface area (Å²) in [5, 5.41) is 2.95. The van der Waals surface area contributed by atoms with Crippen molar-refractivity contribution in [1.82, 2.24) is 14.8 Å². The predicted octanol–water partition coefficient (Wildman–Crippen LogP) is 0.839. The van der Waals surface area contributed by atoms with Gasteiger partial charge in [0, 0.05) is 25.4 Å². The minimum Gasteiger partial charge on any atom is -0.355 e. The number of pyridine rings is 1. The highest BCUT2D eigenvalue weighted by molar-refractivity contribution is 5.81. The molecule has 1 atom stereocenters. The molecule has 0 unspecified atom stereocenters. The zero-order valence-corrected chi connectivity index (χ0v) is 12.0. The van der Waals surface area contributed by atoms with Crippen LogP contribution in [-0.2, 0) is 11.3 Å². The van der Waals surface area contributed by atoms with Gasteiger partial charge >= 0.3 is 0 Å². The number of aromatic nitrogens is 1. The van der Waals surface area contributed by atoms with Gasteiger partial charge in [0.15, 0.2) is 0 Å². The Balaban J connectivity index is 1.69. The fourth-order valence-electron chi connectivity index (χ4n) is 2.55. The van der Waals surface area contributed by atoms with Gasteiger partial charge < -0.3 is 9.88 Å². The molecule has 5 nitrogen and oxygen atoms in total. The number of hydrogen-bond donors (Lipinski definition) is 1. The molecule has 1 N–H and O–H groups in total. The van der Waals surface area contributed by atoms with Crippen molar-refractivity contribution in [2.24, 2.45) is 0 Å². The molecule has 2 rings (SSSR count). The lowest BCUT2D eigenvalue weighted by atomic mass is 10.2. The second-order valence-corrected chi connectivity index (χ2v) is 5.30. The van der Waals surface area contributed by atoms with E-state index in [0.717, 1.165) is 19.5 Å². The lowest BCUT2D eigenvalue weighted by Crippen LogP contribution is -2.44. The van der Waals surface area contributed by atoms with E-state index in [1.54, 1.807) is 22.9 Å². The number of likely N-dealkylation sites (tertiary alicyclic amines) is 1. The van der Waals surface area contributed by atoms with Crippen LogP contribution in [0.1, 0.15) is 26.2 Å². The third-order valence-corrected chi connectivity index (χ3v) is 3.84. The fourth-order valence-corrected chi connectivity index (χ4v) is 2.55. The van der Waals surface area contributed by atoms with Crippen molar-refractivity contribution in [2.45, 2.75) is 38.8 Å². The molecule has 1 aliphatic rings. The van der Waals surface area contributed by atoms with E-state index in [4.69, 9.17) is 0 Å². The third kappa shape index (κ3) is 3.93. The topological polar surface area (TPSA) is 54.3 Å². The van der Waals surface area contributed by atoms with Crippen LogP contribution in [0.25, 0.3) is 0 Å². The van der Waals surface area contributed by atoms with Crippen LogP contribution in [0, 0.1) is 0 Å². The highest BCUT2D eigenvalue weighted by Crippen LogP contribution is 2.11. The van der Waals surface area contributed by atoms with Crippen molar-refractivity contribution < 1.29 is 4.79 Å². The lowest BCUT2D eigenvalue weighted by Gasteiger charge is -2.22. The Bertz CT molecular complexity index is 492. The summed E-state index contributed by atoms with van der Waals surface area (Å²) in [7, 11) is 0. The van der Waals surface area contributed by atoms with Crippen molar-refractivity contribution in [1.29, 1.82) is 0 Å². The minimum atomic E-state index is -0.0445. The van der Waals surface area contributed by atoms with Gasteiger partial charge in [-0.25, -0.2) is 0 Å². The normalized spacial score (nSPS) is 17.1. The van der Waals surface area contributed by atoms with Crippen molar-refractivity contribution in [2.75, 3.05) is 19.6 Å². The van der Waals surface area contributed by atoms with Gasteiger partial charge in [-0.15, -0.1) is 0 Å². The van der Waals surface area contributed by atoms with Crippen LogP contribution in [0.2, 0.25) is 0 Å². The molecule has 1 aliphatic heterocycles. The zero-order chi connectivity index (χ0) is 14.4. The van der Waals surface area contributed by atoms with Gasteiger partial charge in [0.1, 0.15) is 0 Å². The number of rotatable bonds is 6. The van der Waals surface area contributed by atoms with Crippen LogP contribution >= 0.6 is 0 Å². The van der Waals surface area contributed by atoms with Gasteiger partial charge in [-0.3, -0.25) is 14.5 Å². The molecule has 1 amide bonds. The molecule has 0 saturated carbocycles. The van der Waals surface area contributed by atoms with Gasteiger partial charge in [-0.1, -0.05) is 6.07 Å². The Morgan fingerprint density at radius 3 is 2.80 bits per heavy atom. The summed E-state index contributed by atoms with van der Waals surface area (Å²) >= 11 is 0. The van der Waals surface area contributed by atoms with E-state index in [2.05, 4.69) is 10.2 Å². The zero-order valence-electron chi connectivity index (χ0n) is 12.0. The smallest absolute Gasteiger partial charge is 0.250 e. The number of nitrogens with one attached hydrogen (secondary N) is 1. The maximum atomic E-state index is 12.0. The van der Waals surface area contributed by atoms with Crippen LogP contribution in [-0.4, -0.2) is 41.1 Å². The van der Waals surface area contributed by atoms with Gasteiger partial charge in [-0.05, 0) is 45.3 Å². The van der Waals surface area contributed by atoms with E-state index in [9.17, 15) is 9.59 Å². The van der Waals surface area contributed by atoms with Gasteiger partial charge in [0.2, 0.25) is 11.5 Å². The number of aryl methyl sites for hydroxylation is 1. The maximum absolute atomic E-state index is 12.0. The first-order valence-electron chi connectivity index (χ1n) is 7.36. The number of amides is 1. The quantitative estimate of drug-likeness (QED) is 0.784. The predicted molar refractivity (Wildman–Crippen MR) is 78.6 cm³/mol. The van der Waals surface area contributed by atoms with Crippen molar-refractivity contribution in [3.05, 3.63) is 34.7 Å². The highest BCUT2D eigenvalue weighted by Gasteiger charge is 2.23. The van der Waals surface area contributed by atoms with Crippen LogP contribution in [0.3, 0.4) is 0 Å². The first kappa shape index (κ1) is 14.8. The van der Waals surface area contributed by atoms with Crippen LogP contribution in [0.15, 0.2) is 29.2 Å². The third-order valence-electron chi connectivity index (χ3n) is 3.84. The summed E-state index contributed by atoms with van der Waals surface area (Å²) in [5.74, 6) is 0.0901. The molecular weight excluding hydrogens is 254 g/mol. The average Bonchev–Trinajstić information content (AvgIpc) is 2.98. The molecule has 1 fully saturated rings. The second kappa shape index (κ2) is 7.24. The molecule has 0 bridgehead atoms. The summed E-state index contributed by atoms with van der Waals surface area (Å²) in [4.78, 5) is 25.7. The Morgan fingerprint density at radius 1 is 1.35 bits per heavy atom. The Kier molecular flexibility index (Phi) is 5.35. The van der Waals surface area contributed by atoms with Crippen molar-refractivity contribution in [3.8, 4) is 0 Å². The molecule has 0 aliphatic carbocycles. The molecule has 20 heavy (non-hydrogen) atoms. The largest absolute Gasteiger partial charge is 0.355 e. The highest BCUT2D eigenvalue weighted by atomic mass is 16.2. The molecule has 1 saturated heterocycles. The van der Waals surface area contributed by atoms with E-state index in [0.29, 0.717) is 13.1 Å². The number of hydrogen-bond acceptors (Lipinski definition) is 3. The molecule has 5 heteroatoms. The van der Waals surface area contributed by atoms with E-state index in [1.807, 2.05) is 13.0 Å². The Morgan fingerprint density at radius 2 is 2.10 bits per heavy atom. The van der Waals surface area contributed by atoms with E-state index < -0.39 is 0 Å². The summed E-state index contributed by atoms with van der Waals surface area (Å²) in [6.07, 6.45) is 4.92. The number of carbonyl (C=O) groups is 1. The lowest BCUT2D eigenvalue weighted by molar-refractivity contribution is -0.125. The average molecular weight is 277 g/mol. The van der Waals surface area contributed by atoms with Crippen molar-refractivity contribution in [3.63, 3.8) is 0 Å². The molecular formula is C15H23N3O2. The summed E-state index contributed by atoms with van der Waals surface area (Å²) in [5.41, 5.74) is 0.00395. The fraction of sp³-hybridized carbons (Fsp3) is 0.600. The molecule has 110 valence electrons. The standard InChI is InChI=1S/C15H23N3O2/c1-13(17-9-4-5-10-17)15(20)16-8-6-12-18-11-3-2-7-14(18)19/h2-3,7,11,13H,4-6,8-10,12H2,1H3,(H,16,20)/t13-/m0/s1. The van der Waals surface area contributed by atoms with E-state index in [-0.39, 0.29) is 17.5 Å². The van der Waals surface area contributed by atoms with Crippen molar-refractivity contribution >= 4 is 5.91 Å². The SMILES string of the molecule is C[C@@H](C(=O)NCCCn1ccccc1=O)N1CCCC1. The maximum Gasteiger partial charge on any atom is 0.250 e. The van der Waals surface area contributed by atoms with Gasteiger partial charge in [0.25, 0.3) is 0 Å². The molecule has 0 radical (unpaired) electrons. The minimum absolute atomic E-state index is 0.00395. The summed E-state index contributed by atoms with van der Waals surface area (Å²) in [6, 6.07) is 5.08. The second-order valence-electron chi connectivity index (χ2n) is 5.30. The molecule has 1 aromatic heterocycles.